The minimum atomic E-state index is -0.829. The third kappa shape index (κ3) is 3.69. The number of nitrogens with zero attached hydrogens (tertiary/aromatic N) is 3. The molecule has 0 aromatic heterocycles. The van der Waals surface area contributed by atoms with Crippen molar-refractivity contribution in [2.75, 3.05) is 26.7 Å². The van der Waals surface area contributed by atoms with Crippen molar-refractivity contribution >= 4 is 29.2 Å². The molecule has 2 aromatic carbocycles. The Morgan fingerprint density at radius 2 is 1.97 bits per heavy atom. The molecule has 1 saturated heterocycles. The topological polar surface area (TPSA) is 136 Å². The zero-order chi connectivity index (χ0) is 24.9. The van der Waals surface area contributed by atoms with E-state index in [4.69, 9.17) is 9.47 Å². The van der Waals surface area contributed by atoms with Crippen LogP contribution in [0.25, 0.3) is 0 Å². The molecule has 0 radical (unpaired) electrons. The van der Waals surface area contributed by atoms with Crippen LogP contribution in [-0.4, -0.2) is 70.6 Å². The van der Waals surface area contributed by atoms with Gasteiger partial charge >= 0.3 is 0 Å². The van der Waals surface area contributed by atoms with E-state index in [0.717, 1.165) is 4.90 Å². The summed E-state index contributed by atoms with van der Waals surface area (Å²) in [5.41, 5.74) is -1.11. The van der Waals surface area contributed by atoms with E-state index in [1.54, 1.807) is 23.1 Å². The Morgan fingerprint density at radius 3 is 2.71 bits per heavy atom. The Hall–Kier alpha value is -4.28. The third-order valence-electron chi connectivity index (χ3n) is 6.69. The molecule has 3 heterocycles. The summed E-state index contributed by atoms with van der Waals surface area (Å²) in [5, 5.41) is 11.3. The number of nitro benzene ring substituents is 1. The molecule has 1 fully saturated rings. The third-order valence-corrected chi connectivity index (χ3v) is 6.69. The minimum Gasteiger partial charge on any atom is -0.497 e. The minimum absolute atomic E-state index is 0.0406. The first-order valence-corrected chi connectivity index (χ1v) is 11.0. The van der Waals surface area contributed by atoms with Crippen molar-refractivity contribution in [3.05, 3.63) is 63.2 Å². The Balaban J connectivity index is 1.25. The lowest BCUT2D eigenvalue weighted by Gasteiger charge is -2.34. The highest BCUT2D eigenvalue weighted by atomic mass is 16.6. The van der Waals surface area contributed by atoms with Gasteiger partial charge in [0.2, 0.25) is 5.91 Å². The highest BCUT2D eigenvalue weighted by Gasteiger charge is 2.47. The maximum atomic E-state index is 12.9. The van der Waals surface area contributed by atoms with Gasteiger partial charge in [0.25, 0.3) is 17.5 Å². The smallest absolute Gasteiger partial charge is 0.282 e. The van der Waals surface area contributed by atoms with Gasteiger partial charge in [-0.15, -0.1) is 0 Å². The summed E-state index contributed by atoms with van der Waals surface area (Å²) >= 11 is 0. The maximum absolute atomic E-state index is 12.9. The first kappa shape index (κ1) is 22.5. The predicted octanol–water partition coefficient (Wildman–Crippen LogP) is 2.23. The SMILES string of the molecule is COc1ccc2c(c1)C(=O)CC1(CCN(C(=O)CCN3C(=O)c4cccc([N+](=O)[O-])c4C3=O)C1)O2. The molecule has 0 saturated carbocycles. The molecule has 1 atom stereocenters. The average molecular weight is 479 g/mol. The number of ketones is 1. The van der Waals surface area contributed by atoms with E-state index in [1.165, 1.54) is 25.3 Å². The van der Waals surface area contributed by atoms with Gasteiger partial charge in [0, 0.05) is 32.0 Å². The predicted molar refractivity (Wildman–Crippen MR) is 120 cm³/mol. The fraction of sp³-hybridized carbons (Fsp3) is 0.333. The van der Waals surface area contributed by atoms with Gasteiger partial charge in [-0.2, -0.15) is 0 Å². The number of hydrogen-bond acceptors (Lipinski definition) is 8. The van der Waals surface area contributed by atoms with Crippen molar-refractivity contribution in [3.8, 4) is 11.5 Å². The van der Waals surface area contributed by atoms with Gasteiger partial charge < -0.3 is 14.4 Å². The van der Waals surface area contributed by atoms with Gasteiger partial charge in [-0.25, -0.2) is 0 Å². The molecule has 1 unspecified atom stereocenters. The molecule has 35 heavy (non-hydrogen) atoms. The maximum Gasteiger partial charge on any atom is 0.282 e. The fourth-order valence-corrected chi connectivity index (χ4v) is 4.92. The molecule has 0 bridgehead atoms. The number of methoxy groups -OCH3 is 1. The summed E-state index contributed by atoms with van der Waals surface area (Å²) in [6, 6.07) is 8.89. The number of benzene rings is 2. The number of nitro groups is 1. The molecule has 3 amide bonds. The van der Waals surface area contributed by atoms with Crippen LogP contribution in [0.15, 0.2) is 36.4 Å². The van der Waals surface area contributed by atoms with Crippen LogP contribution in [0.4, 0.5) is 5.69 Å². The Morgan fingerprint density at radius 1 is 1.17 bits per heavy atom. The lowest BCUT2D eigenvalue weighted by atomic mass is 9.89. The van der Waals surface area contributed by atoms with Crippen LogP contribution in [-0.2, 0) is 4.79 Å². The van der Waals surface area contributed by atoms with E-state index in [-0.39, 0.29) is 48.7 Å². The van der Waals surface area contributed by atoms with Crippen molar-refractivity contribution in [2.24, 2.45) is 0 Å². The van der Waals surface area contributed by atoms with E-state index in [0.29, 0.717) is 30.0 Å². The van der Waals surface area contributed by atoms with E-state index in [9.17, 15) is 29.3 Å². The van der Waals surface area contributed by atoms with E-state index >= 15 is 0 Å². The largest absolute Gasteiger partial charge is 0.497 e. The lowest BCUT2D eigenvalue weighted by molar-refractivity contribution is -0.385. The standard InChI is InChI=1S/C24H21N3O8/c1-34-14-5-6-19-16(11-14)18(28)12-24(35-19)8-10-25(13-24)20(29)7-9-26-22(30)15-3-2-4-17(27(32)33)21(15)23(26)31/h2-6,11H,7-10,12-13H2,1H3. The highest BCUT2D eigenvalue weighted by Crippen LogP contribution is 2.40. The molecule has 11 nitrogen and oxygen atoms in total. The number of likely N-dealkylation sites (tertiary alicyclic amines) is 1. The molecular weight excluding hydrogens is 458 g/mol. The second-order valence-electron chi connectivity index (χ2n) is 8.78. The number of carbonyl (C=O) groups is 4. The van der Waals surface area contributed by atoms with Crippen molar-refractivity contribution in [2.45, 2.75) is 24.9 Å². The highest BCUT2D eigenvalue weighted by molar-refractivity contribution is 6.23. The zero-order valence-electron chi connectivity index (χ0n) is 18.8. The molecule has 0 N–H and O–H groups in total. The van der Waals surface area contributed by atoms with Crippen LogP contribution in [0.2, 0.25) is 0 Å². The second kappa shape index (κ2) is 8.19. The number of imide groups is 1. The van der Waals surface area contributed by atoms with E-state index in [1.807, 2.05) is 0 Å². The number of Topliss-reactive ketones (excluding diaryl/α,β-unsaturated/α-hetero) is 1. The summed E-state index contributed by atoms with van der Waals surface area (Å²) in [6.45, 7) is 0.371. The first-order chi connectivity index (χ1) is 16.7. The average Bonchev–Trinajstić information content (AvgIpc) is 3.36. The van der Waals surface area contributed by atoms with Crippen molar-refractivity contribution in [1.82, 2.24) is 9.80 Å². The number of amides is 3. The first-order valence-electron chi connectivity index (χ1n) is 11.0. The van der Waals surface area contributed by atoms with E-state index in [2.05, 4.69) is 0 Å². The molecule has 5 rings (SSSR count). The number of fused-ring (bicyclic) bond motifs is 2. The molecule has 1 spiro atoms. The normalized spacial score (nSPS) is 20.7. The van der Waals surface area contributed by atoms with Gasteiger partial charge in [-0.3, -0.25) is 34.2 Å². The Kier molecular flexibility index (Phi) is 5.27. The van der Waals surface area contributed by atoms with Crippen LogP contribution >= 0.6 is 0 Å². The van der Waals surface area contributed by atoms with Gasteiger partial charge in [-0.05, 0) is 24.3 Å². The summed E-state index contributed by atoms with van der Waals surface area (Å²) in [6.07, 6.45) is 0.450. The number of hydrogen-bond donors (Lipinski definition) is 0. The molecule has 11 heteroatoms. The van der Waals surface area contributed by atoms with Crippen LogP contribution < -0.4 is 9.47 Å². The van der Waals surface area contributed by atoms with Crippen molar-refractivity contribution in [3.63, 3.8) is 0 Å². The lowest BCUT2D eigenvalue weighted by Crippen LogP contribution is -2.45. The fourth-order valence-electron chi connectivity index (χ4n) is 4.92. The number of ether oxygens (including phenoxy) is 2. The molecule has 0 aliphatic carbocycles. The van der Waals surface area contributed by atoms with Crippen molar-refractivity contribution in [1.29, 1.82) is 0 Å². The van der Waals surface area contributed by atoms with Gasteiger partial charge in [-0.1, -0.05) is 6.07 Å². The summed E-state index contributed by atoms with van der Waals surface area (Å²) in [4.78, 5) is 64.0. The van der Waals surface area contributed by atoms with Crippen LogP contribution in [0, 0.1) is 10.1 Å². The Bertz CT molecular complexity index is 1310. The summed E-state index contributed by atoms with van der Waals surface area (Å²) in [7, 11) is 1.51. The molecule has 3 aliphatic heterocycles. The van der Waals surface area contributed by atoms with E-state index < -0.39 is 28.0 Å². The summed E-state index contributed by atoms with van der Waals surface area (Å²) < 4.78 is 11.3. The second-order valence-corrected chi connectivity index (χ2v) is 8.78. The van der Waals surface area contributed by atoms with Gasteiger partial charge in [0.05, 0.1) is 36.1 Å². The van der Waals surface area contributed by atoms with Crippen molar-refractivity contribution < 1.29 is 33.6 Å². The van der Waals surface area contributed by atoms with Gasteiger partial charge in [0.15, 0.2) is 5.78 Å². The monoisotopic (exact) mass is 479 g/mol. The Labute approximate surface area is 199 Å². The number of carbonyl (C=O) groups excluding carboxylic acids is 4. The van der Waals surface area contributed by atoms with Crippen LogP contribution in [0.1, 0.15) is 50.3 Å². The molecule has 2 aromatic rings. The molecular formula is C24H21N3O8. The number of rotatable bonds is 5. The molecule has 3 aliphatic rings. The van der Waals surface area contributed by atoms with Crippen LogP contribution in [0.5, 0.6) is 11.5 Å². The van der Waals surface area contributed by atoms with Gasteiger partial charge in [0.1, 0.15) is 22.7 Å². The zero-order valence-corrected chi connectivity index (χ0v) is 18.8. The quantitative estimate of drug-likeness (QED) is 0.362. The summed E-state index contributed by atoms with van der Waals surface area (Å²) in [5.74, 6) is -0.831. The molecule has 180 valence electrons. The van der Waals surface area contributed by atoms with Crippen LogP contribution in [0.3, 0.4) is 0 Å².